The Labute approximate surface area is 139 Å². The van der Waals surface area contributed by atoms with E-state index in [2.05, 4.69) is 37.4 Å². The third kappa shape index (κ3) is 4.41. The first kappa shape index (κ1) is 18.6. The summed E-state index contributed by atoms with van der Waals surface area (Å²) in [5.74, 6) is 0. The lowest BCUT2D eigenvalue weighted by Crippen LogP contribution is -2.62. The van der Waals surface area contributed by atoms with E-state index < -0.39 is 32.4 Å². The maximum absolute atomic E-state index is 10.0. The van der Waals surface area contributed by atoms with Crippen molar-refractivity contribution in [3.05, 3.63) is 30.3 Å². The van der Waals surface area contributed by atoms with Gasteiger partial charge in [-0.25, -0.2) is 0 Å². The summed E-state index contributed by atoms with van der Waals surface area (Å²) in [6.07, 6.45) is -2.31. The molecule has 4 atom stereocenters. The van der Waals surface area contributed by atoms with Crippen LogP contribution in [0.25, 0.3) is 0 Å². The monoisotopic (exact) mass is 339 g/mol. The minimum atomic E-state index is -1.51. The second kappa shape index (κ2) is 7.87. The Morgan fingerprint density at radius 2 is 1.74 bits per heavy atom. The highest BCUT2D eigenvalue weighted by Gasteiger charge is 2.40. The SMILES string of the molecule is C[Si](C)(CCCN1C[C@H](O)[C@@H](O)[C@H](O)C1CO)c1ccccc1. The molecular formula is C17H29NO4Si. The lowest BCUT2D eigenvalue weighted by molar-refractivity contribution is -0.144. The van der Waals surface area contributed by atoms with Crippen LogP contribution in [0, 0.1) is 0 Å². The highest BCUT2D eigenvalue weighted by atomic mass is 28.3. The van der Waals surface area contributed by atoms with E-state index in [1.807, 2.05) is 11.0 Å². The van der Waals surface area contributed by atoms with Crippen LogP contribution in [0.2, 0.25) is 19.1 Å². The number of aliphatic hydroxyl groups is 4. The van der Waals surface area contributed by atoms with Crippen LogP contribution in [0.3, 0.4) is 0 Å². The number of piperidine rings is 1. The number of hydrogen-bond acceptors (Lipinski definition) is 5. The van der Waals surface area contributed by atoms with Crippen molar-refractivity contribution in [2.75, 3.05) is 19.7 Å². The average molecular weight is 340 g/mol. The molecule has 23 heavy (non-hydrogen) atoms. The van der Waals surface area contributed by atoms with E-state index in [0.717, 1.165) is 12.5 Å². The normalized spacial score (nSPS) is 29.7. The van der Waals surface area contributed by atoms with E-state index in [0.29, 0.717) is 6.54 Å². The third-order valence-corrected chi connectivity index (χ3v) is 8.52. The Kier molecular flexibility index (Phi) is 6.36. The Hall–Kier alpha value is -0.763. The maximum atomic E-state index is 10.0. The van der Waals surface area contributed by atoms with Crippen molar-refractivity contribution in [1.82, 2.24) is 4.90 Å². The van der Waals surface area contributed by atoms with Crippen LogP contribution in [0.15, 0.2) is 30.3 Å². The molecule has 0 aliphatic carbocycles. The Morgan fingerprint density at radius 1 is 1.09 bits per heavy atom. The quantitative estimate of drug-likeness (QED) is 0.537. The van der Waals surface area contributed by atoms with Gasteiger partial charge in [-0.1, -0.05) is 54.7 Å². The molecule has 130 valence electrons. The third-order valence-electron chi connectivity index (χ3n) is 5.02. The summed E-state index contributed by atoms with van der Waals surface area (Å²) >= 11 is 0. The van der Waals surface area contributed by atoms with Crippen molar-refractivity contribution in [1.29, 1.82) is 0 Å². The van der Waals surface area contributed by atoms with Gasteiger partial charge in [0.15, 0.2) is 0 Å². The van der Waals surface area contributed by atoms with Gasteiger partial charge in [0, 0.05) is 6.54 Å². The minimum Gasteiger partial charge on any atom is -0.395 e. The van der Waals surface area contributed by atoms with Gasteiger partial charge in [0.25, 0.3) is 0 Å². The van der Waals surface area contributed by atoms with Gasteiger partial charge in [0.2, 0.25) is 0 Å². The predicted octanol–water partition coefficient (Wildman–Crippen LogP) is -0.249. The second-order valence-corrected chi connectivity index (χ2v) is 12.0. The van der Waals surface area contributed by atoms with E-state index in [-0.39, 0.29) is 13.2 Å². The molecule has 1 aromatic rings. The molecule has 0 amide bonds. The van der Waals surface area contributed by atoms with Gasteiger partial charge in [-0.3, -0.25) is 4.90 Å². The zero-order chi connectivity index (χ0) is 17.0. The van der Waals surface area contributed by atoms with E-state index in [1.165, 1.54) is 5.19 Å². The summed E-state index contributed by atoms with van der Waals surface area (Å²) in [5.41, 5.74) is 0. The van der Waals surface area contributed by atoms with Gasteiger partial charge >= 0.3 is 0 Å². The molecule has 0 aromatic heterocycles. The largest absolute Gasteiger partial charge is 0.395 e. The van der Waals surface area contributed by atoms with Crippen LogP contribution in [0.4, 0.5) is 0 Å². The molecule has 4 N–H and O–H groups in total. The smallest absolute Gasteiger partial charge is 0.109 e. The zero-order valence-corrected chi connectivity index (χ0v) is 15.0. The summed E-state index contributed by atoms with van der Waals surface area (Å²) in [4.78, 5) is 1.90. The number of rotatable bonds is 6. The minimum absolute atomic E-state index is 0.218. The molecule has 1 fully saturated rings. The maximum Gasteiger partial charge on any atom is 0.109 e. The van der Waals surface area contributed by atoms with Crippen molar-refractivity contribution in [3.8, 4) is 0 Å². The lowest BCUT2D eigenvalue weighted by atomic mass is 9.94. The van der Waals surface area contributed by atoms with E-state index in [9.17, 15) is 20.4 Å². The number of aliphatic hydroxyl groups excluding tert-OH is 4. The molecule has 0 bridgehead atoms. The van der Waals surface area contributed by atoms with E-state index in [4.69, 9.17) is 0 Å². The van der Waals surface area contributed by atoms with Gasteiger partial charge in [-0.2, -0.15) is 0 Å². The van der Waals surface area contributed by atoms with Crippen LogP contribution in [0.1, 0.15) is 6.42 Å². The van der Waals surface area contributed by atoms with Crippen molar-refractivity contribution >= 4 is 13.3 Å². The first-order valence-corrected chi connectivity index (χ1v) is 11.5. The molecule has 5 nitrogen and oxygen atoms in total. The molecule has 1 heterocycles. The summed E-state index contributed by atoms with van der Waals surface area (Å²) in [6, 6.07) is 11.1. The molecule has 1 aliphatic rings. The first-order chi connectivity index (χ1) is 10.9. The predicted molar refractivity (Wildman–Crippen MR) is 93.4 cm³/mol. The molecular weight excluding hydrogens is 310 g/mol. The topological polar surface area (TPSA) is 84.2 Å². The average Bonchev–Trinajstić information content (AvgIpc) is 2.54. The van der Waals surface area contributed by atoms with Crippen LogP contribution in [0.5, 0.6) is 0 Å². The molecule has 0 saturated carbocycles. The second-order valence-electron chi connectivity index (χ2n) is 7.15. The molecule has 1 aliphatic heterocycles. The van der Waals surface area contributed by atoms with Crippen molar-refractivity contribution in [3.63, 3.8) is 0 Å². The number of nitrogens with zero attached hydrogens (tertiary/aromatic N) is 1. The van der Waals surface area contributed by atoms with Gasteiger partial charge < -0.3 is 20.4 Å². The first-order valence-electron chi connectivity index (χ1n) is 8.31. The van der Waals surface area contributed by atoms with Crippen molar-refractivity contribution in [2.24, 2.45) is 0 Å². The van der Waals surface area contributed by atoms with Crippen LogP contribution < -0.4 is 5.19 Å². The van der Waals surface area contributed by atoms with Gasteiger partial charge in [-0.15, -0.1) is 0 Å². The highest BCUT2D eigenvalue weighted by molar-refractivity contribution is 6.89. The molecule has 2 rings (SSSR count). The van der Waals surface area contributed by atoms with Gasteiger partial charge in [-0.05, 0) is 13.0 Å². The Morgan fingerprint density at radius 3 is 2.35 bits per heavy atom. The van der Waals surface area contributed by atoms with E-state index >= 15 is 0 Å². The molecule has 0 spiro atoms. The lowest BCUT2D eigenvalue weighted by Gasteiger charge is -2.43. The number of β-amino-alcohol motifs (C(OH)–C–C–N with tert-alkyl or cyclic N) is 1. The fraction of sp³-hybridized carbons (Fsp3) is 0.647. The summed E-state index contributed by atoms with van der Waals surface area (Å²) in [5, 5.41) is 40.5. The Balaban J connectivity index is 1.92. The summed E-state index contributed by atoms with van der Waals surface area (Å²) < 4.78 is 0. The van der Waals surface area contributed by atoms with Gasteiger partial charge in [0.05, 0.1) is 26.8 Å². The fourth-order valence-electron chi connectivity index (χ4n) is 3.39. The summed E-state index contributed by atoms with van der Waals surface area (Å²) in [7, 11) is -1.51. The molecule has 0 radical (unpaired) electrons. The molecule has 1 unspecified atom stereocenters. The fourth-order valence-corrected chi connectivity index (χ4v) is 5.82. The van der Waals surface area contributed by atoms with Crippen molar-refractivity contribution in [2.45, 2.75) is 49.9 Å². The molecule has 1 saturated heterocycles. The highest BCUT2D eigenvalue weighted by Crippen LogP contribution is 2.21. The van der Waals surface area contributed by atoms with Gasteiger partial charge in [0.1, 0.15) is 12.2 Å². The summed E-state index contributed by atoms with van der Waals surface area (Å²) in [6.45, 7) is 5.46. The standard InChI is InChI=1S/C17H29NO4Si/c1-23(2,13-7-4-3-5-8-13)10-6-9-18-11-15(20)17(22)16(21)14(18)12-19/h3-5,7-8,14-17,19-22H,6,9-12H2,1-2H3/t14?,15-,16+,17+/m0/s1. The Bertz CT molecular complexity index is 485. The van der Waals surface area contributed by atoms with Crippen LogP contribution in [-0.4, -0.2) is 77.5 Å². The van der Waals surface area contributed by atoms with E-state index in [1.54, 1.807) is 0 Å². The zero-order valence-electron chi connectivity index (χ0n) is 14.0. The van der Waals surface area contributed by atoms with Crippen LogP contribution in [-0.2, 0) is 0 Å². The number of benzene rings is 1. The molecule has 6 heteroatoms. The van der Waals surface area contributed by atoms with Crippen molar-refractivity contribution < 1.29 is 20.4 Å². The number of likely N-dealkylation sites (tertiary alicyclic amines) is 1. The van der Waals surface area contributed by atoms with Crippen LogP contribution >= 0.6 is 0 Å². The molecule has 1 aromatic carbocycles. The number of hydrogen-bond donors (Lipinski definition) is 4.